The van der Waals surface area contributed by atoms with Crippen LogP contribution in [0.25, 0.3) is 4.96 Å². The summed E-state index contributed by atoms with van der Waals surface area (Å²) < 4.78 is 7.01. The summed E-state index contributed by atoms with van der Waals surface area (Å²) in [7, 11) is 0. The summed E-state index contributed by atoms with van der Waals surface area (Å²) in [6.07, 6.45) is 5.45. The lowest BCUT2D eigenvalue weighted by atomic mass is 10.1. The summed E-state index contributed by atoms with van der Waals surface area (Å²) >= 11 is 1.39. The first kappa shape index (κ1) is 16.3. The Morgan fingerprint density at radius 1 is 1.36 bits per heavy atom. The molecule has 0 radical (unpaired) electrons. The van der Waals surface area contributed by atoms with Crippen LogP contribution in [-0.2, 0) is 0 Å². The van der Waals surface area contributed by atoms with Crippen molar-refractivity contribution in [3.63, 3.8) is 0 Å². The van der Waals surface area contributed by atoms with Gasteiger partial charge < -0.3 is 9.73 Å². The van der Waals surface area contributed by atoms with E-state index in [0.29, 0.717) is 22.3 Å². The lowest BCUT2D eigenvalue weighted by Gasteiger charge is -2.33. The van der Waals surface area contributed by atoms with Gasteiger partial charge in [-0.2, -0.15) is 4.52 Å². The van der Waals surface area contributed by atoms with Crippen molar-refractivity contribution in [2.24, 2.45) is 0 Å². The molecule has 0 bridgehead atoms. The van der Waals surface area contributed by atoms with Gasteiger partial charge in [-0.1, -0.05) is 17.8 Å². The summed E-state index contributed by atoms with van der Waals surface area (Å²) in [6.45, 7) is 4.65. The van der Waals surface area contributed by atoms with Crippen LogP contribution in [0.5, 0.6) is 0 Å². The van der Waals surface area contributed by atoms with Crippen LogP contribution in [0.3, 0.4) is 0 Å². The molecule has 4 rings (SSSR count). The average Bonchev–Trinajstić information content (AvgIpc) is 3.26. The van der Waals surface area contributed by atoms with Crippen LogP contribution in [-0.4, -0.2) is 39.1 Å². The zero-order valence-electron chi connectivity index (χ0n) is 14.1. The Bertz CT molecular complexity index is 896. The van der Waals surface area contributed by atoms with Crippen molar-refractivity contribution in [1.82, 2.24) is 19.5 Å². The molecule has 1 unspecified atom stereocenters. The molecule has 0 aromatic carbocycles. The molecule has 1 N–H and O–H groups in total. The maximum Gasteiger partial charge on any atom is 0.275 e. The highest BCUT2D eigenvalue weighted by Gasteiger charge is 2.24. The number of rotatable bonds is 5. The molecule has 0 amide bonds. The van der Waals surface area contributed by atoms with Crippen LogP contribution in [0, 0.1) is 6.92 Å². The standard InChI is InChI=1S/C17H21N5O2S/c1-12-10-15(23)22-17(19-12)25-16(20-22)18-11-13(14-6-5-9-24-14)21-7-3-2-4-8-21/h5-6,9-10,13H,2-4,7-8,11H2,1H3,(H,18,20). The first-order chi connectivity index (χ1) is 12.2. The molecule has 25 heavy (non-hydrogen) atoms. The fourth-order valence-electron chi connectivity index (χ4n) is 3.30. The predicted molar refractivity (Wildman–Crippen MR) is 97.2 cm³/mol. The highest BCUT2D eigenvalue weighted by atomic mass is 32.1. The van der Waals surface area contributed by atoms with Gasteiger partial charge in [0.2, 0.25) is 10.1 Å². The Labute approximate surface area is 149 Å². The van der Waals surface area contributed by atoms with E-state index < -0.39 is 0 Å². The number of nitrogens with zero attached hydrogens (tertiary/aromatic N) is 4. The molecule has 1 saturated heterocycles. The van der Waals surface area contributed by atoms with Crippen LogP contribution < -0.4 is 10.9 Å². The molecule has 0 aliphatic carbocycles. The van der Waals surface area contributed by atoms with Crippen molar-refractivity contribution in [3.05, 3.63) is 46.3 Å². The second kappa shape index (κ2) is 6.97. The van der Waals surface area contributed by atoms with Crippen molar-refractivity contribution in [2.75, 3.05) is 25.0 Å². The SMILES string of the molecule is Cc1cc(=O)n2nc(NCC(c3ccco3)N3CCCCC3)sc2n1. The van der Waals surface area contributed by atoms with Gasteiger partial charge in [0.25, 0.3) is 5.56 Å². The number of furan rings is 1. The van der Waals surface area contributed by atoms with Gasteiger partial charge >= 0.3 is 0 Å². The van der Waals surface area contributed by atoms with E-state index in [1.54, 1.807) is 6.26 Å². The van der Waals surface area contributed by atoms with E-state index in [0.717, 1.165) is 18.8 Å². The Balaban J connectivity index is 1.54. The van der Waals surface area contributed by atoms with Crippen LogP contribution in [0.4, 0.5) is 5.13 Å². The zero-order valence-corrected chi connectivity index (χ0v) is 15.0. The second-order valence-corrected chi connectivity index (χ2v) is 7.30. The first-order valence-corrected chi connectivity index (χ1v) is 9.41. The summed E-state index contributed by atoms with van der Waals surface area (Å²) in [5.74, 6) is 0.960. The molecule has 0 spiro atoms. The fourth-order valence-corrected chi connectivity index (χ4v) is 4.15. The third-order valence-electron chi connectivity index (χ3n) is 4.52. The molecule has 1 aliphatic rings. The van der Waals surface area contributed by atoms with Crippen molar-refractivity contribution < 1.29 is 4.42 Å². The molecule has 3 aromatic heterocycles. The average molecular weight is 359 g/mol. The van der Waals surface area contributed by atoms with Crippen LogP contribution in [0.15, 0.2) is 33.7 Å². The normalized spacial score (nSPS) is 17.0. The molecule has 1 aliphatic heterocycles. The molecule has 4 heterocycles. The molecule has 7 nitrogen and oxygen atoms in total. The number of likely N-dealkylation sites (tertiary alicyclic amines) is 1. The largest absolute Gasteiger partial charge is 0.468 e. The van der Waals surface area contributed by atoms with Gasteiger partial charge in [0, 0.05) is 18.3 Å². The molecule has 0 saturated carbocycles. The Morgan fingerprint density at radius 2 is 2.20 bits per heavy atom. The molecule has 3 aromatic rings. The molecule has 1 fully saturated rings. The third-order valence-corrected chi connectivity index (χ3v) is 5.39. The minimum atomic E-state index is -0.148. The Morgan fingerprint density at radius 3 is 2.96 bits per heavy atom. The fraction of sp³-hybridized carbons (Fsp3) is 0.471. The molecule has 132 valence electrons. The molecular formula is C17H21N5O2S. The third kappa shape index (κ3) is 3.45. The van der Waals surface area contributed by atoms with Crippen LogP contribution in [0.1, 0.15) is 36.8 Å². The van der Waals surface area contributed by atoms with E-state index in [9.17, 15) is 4.79 Å². The van der Waals surface area contributed by atoms with Crippen molar-refractivity contribution in [3.8, 4) is 0 Å². The summed E-state index contributed by atoms with van der Waals surface area (Å²) in [4.78, 5) is 19.4. The lowest BCUT2D eigenvalue weighted by Crippen LogP contribution is -2.37. The Kier molecular flexibility index (Phi) is 4.54. The van der Waals surface area contributed by atoms with E-state index in [4.69, 9.17) is 4.42 Å². The van der Waals surface area contributed by atoms with E-state index in [2.05, 4.69) is 20.3 Å². The monoisotopic (exact) mass is 359 g/mol. The molecule has 8 heteroatoms. The topological polar surface area (TPSA) is 75.7 Å². The number of hydrogen-bond acceptors (Lipinski definition) is 7. The van der Waals surface area contributed by atoms with E-state index >= 15 is 0 Å². The van der Waals surface area contributed by atoms with Crippen molar-refractivity contribution >= 4 is 21.4 Å². The van der Waals surface area contributed by atoms with Crippen molar-refractivity contribution in [2.45, 2.75) is 32.2 Å². The second-order valence-electron chi connectivity index (χ2n) is 6.35. The highest BCUT2D eigenvalue weighted by molar-refractivity contribution is 7.20. The number of fused-ring (bicyclic) bond motifs is 1. The number of aromatic nitrogens is 3. The van der Waals surface area contributed by atoms with Gasteiger partial charge in [-0.15, -0.1) is 5.10 Å². The van der Waals surface area contributed by atoms with E-state index in [-0.39, 0.29) is 11.6 Å². The quantitative estimate of drug-likeness (QED) is 0.755. The number of hydrogen-bond donors (Lipinski definition) is 1. The van der Waals surface area contributed by atoms with Crippen LogP contribution >= 0.6 is 11.3 Å². The minimum Gasteiger partial charge on any atom is -0.468 e. The zero-order chi connectivity index (χ0) is 17.2. The number of aryl methyl sites for hydroxylation is 1. The van der Waals surface area contributed by atoms with Gasteiger partial charge in [-0.3, -0.25) is 9.69 Å². The minimum absolute atomic E-state index is 0.148. The maximum absolute atomic E-state index is 12.0. The number of nitrogens with one attached hydrogen (secondary N) is 1. The predicted octanol–water partition coefficient (Wildman–Crippen LogP) is 2.69. The summed E-state index contributed by atoms with van der Waals surface area (Å²) in [5, 5.41) is 8.42. The molecular weight excluding hydrogens is 338 g/mol. The first-order valence-electron chi connectivity index (χ1n) is 8.59. The van der Waals surface area contributed by atoms with Gasteiger partial charge in [-0.25, -0.2) is 4.98 Å². The van der Waals surface area contributed by atoms with Gasteiger partial charge in [-0.05, 0) is 45.0 Å². The summed E-state index contributed by atoms with van der Waals surface area (Å²) in [5.41, 5.74) is 0.562. The smallest absolute Gasteiger partial charge is 0.275 e. The lowest BCUT2D eigenvalue weighted by molar-refractivity contribution is 0.153. The van der Waals surface area contributed by atoms with Crippen molar-refractivity contribution in [1.29, 1.82) is 0 Å². The van der Waals surface area contributed by atoms with Gasteiger partial charge in [0.1, 0.15) is 5.76 Å². The molecule has 1 atom stereocenters. The number of anilines is 1. The van der Waals surface area contributed by atoms with Gasteiger partial charge in [0.05, 0.1) is 12.3 Å². The maximum atomic E-state index is 12.0. The van der Waals surface area contributed by atoms with E-state index in [1.165, 1.54) is 41.2 Å². The number of piperidine rings is 1. The highest BCUT2D eigenvalue weighted by Crippen LogP contribution is 2.26. The van der Waals surface area contributed by atoms with Gasteiger partial charge in [0.15, 0.2) is 0 Å². The summed E-state index contributed by atoms with van der Waals surface area (Å²) in [6, 6.07) is 5.61. The van der Waals surface area contributed by atoms with E-state index in [1.807, 2.05) is 19.1 Å². The Hall–Kier alpha value is -2.19. The van der Waals surface area contributed by atoms with Crippen LogP contribution in [0.2, 0.25) is 0 Å².